The Morgan fingerprint density at radius 1 is 1.71 bits per heavy atom. The minimum absolute atomic E-state index is 0. The largest absolute Gasteiger partial charge is 0.447 e. The molecule has 1 aromatic heterocycles. The molecule has 7 heavy (non-hydrogen) atoms. The van der Waals surface area contributed by atoms with Crippen LogP contribution in [0.3, 0.4) is 0 Å². The number of hydrogen-bond donors (Lipinski definition) is 0. The van der Waals surface area contributed by atoms with Crippen molar-refractivity contribution in [1.29, 1.82) is 0 Å². The zero-order valence-electron chi connectivity index (χ0n) is 3.90. The molecule has 0 saturated carbocycles. The van der Waals surface area contributed by atoms with Crippen molar-refractivity contribution in [3.05, 3.63) is 18.2 Å². The second-order valence-electron chi connectivity index (χ2n) is 1.10. The van der Waals surface area contributed by atoms with Gasteiger partial charge >= 0.3 is 0 Å². The Hall–Kier alpha value is -0.271. The Bertz CT molecular complexity index is 113. The summed E-state index contributed by atoms with van der Waals surface area (Å²) in [7, 11) is 0. The first-order valence-corrected chi connectivity index (χ1v) is 1.80. The van der Waals surface area contributed by atoms with Gasteiger partial charge < -0.3 is 9.97 Å². The van der Waals surface area contributed by atoms with Crippen LogP contribution in [0.4, 0.5) is 0 Å². The number of aryl methyl sites for hydroxylation is 1. The minimum Gasteiger partial charge on any atom is -0.447 e. The number of nitrogens with zero attached hydrogens (tertiary/aromatic N) is 2. The van der Waals surface area contributed by atoms with Gasteiger partial charge in [0.1, 0.15) is 0 Å². The van der Waals surface area contributed by atoms with Crippen molar-refractivity contribution in [2.75, 3.05) is 0 Å². The fourth-order valence-corrected chi connectivity index (χ4v) is 0.316. The Morgan fingerprint density at radius 3 is 2.57 bits per heavy atom. The molecular formula is C4H5FeN2-. The predicted molar refractivity (Wildman–Crippen MR) is 22.3 cm³/mol. The van der Waals surface area contributed by atoms with Gasteiger partial charge in [0, 0.05) is 17.1 Å². The minimum atomic E-state index is 0. The average Bonchev–Trinajstić information content (AvgIpc) is 1.86. The summed E-state index contributed by atoms with van der Waals surface area (Å²) >= 11 is 0. The van der Waals surface area contributed by atoms with E-state index >= 15 is 0 Å². The molecule has 0 N–H and O–H groups in total. The molecule has 0 saturated heterocycles. The zero-order valence-corrected chi connectivity index (χ0v) is 5.01. The third kappa shape index (κ3) is 1.76. The predicted octanol–water partition coefficient (Wildman–Crippen LogP) is 0.345. The second kappa shape index (κ2) is 2.83. The van der Waals surface area contributed by atoms with Crippen LogP contribution in [0.15, 0.2) is 12.4 Å². The molecule has 1 rings (SSSR count). The van der Waals surface area contributed by atoms with E-state index in [0.717, 1.165) is 5.82 Å². The molecule has 0 aliphatic carbocycles. The van der Waals surface area contributed by atoms with Crippen LogP contribution >= 0.6 is 0 Å². The molecule has 0 fully saturated rings. The maximum Gasteiger partial charge on any atom is 0 e. The van der Waals surface area contributed by atoms with Gasteiger partial charge in [-0.1, -0.05) is 18.2 Å². The van der Waals surface area contributed by atoms with Crippen molar-refractivity contribution < 1.29 is 17.1 Å². The van der Waals surface area contributed by atoms with Gasteiger partial charge in [-0.05, 0) is 6.92 Å². The van der Waals surface area contributed by atoms with Gasteiger partial charge in [-0.2, -0.15) is 0 Å². The summed E-state index contributed by atoms with van der Waals surface area (Å²) in [6, 6.07) is 0. The Balaban J connectivity index is 0.000000360. The van der Waals surface area contributed by atoms with Crippen molar-refractivity contribution >= 4 is 0 Å². The SMILES string of the molecule is Cc1ncc[n-]1.[Fe]. The maximum atomic E-state index is 3.81. The third-order valence-electron chi connectivity index (χ3n) is 0.589. The fraction of sp³-hybridized carbons (Fsp3) is 0.250. The van der Waals surface area contributed by atoms with Gasteiger partial charge in [-0.15, -0.1) is 0 Å². The van der Waals surface area contributed by atoms with Crippen molar-refractivity contribution in [3.8, 4) is 0 Å². The summed E-state index contributed by atoms with van der Waals surface area (Å²) in [6.45, 7) is 1.86. The van der Waals surface area contributed by atoms with Crippen LogP contribution in [0.1, 0.15) is 5.82 Å². The molecule has 3 heteroatoms. The van der Waals surface area contributed by atoms with Gasteiger partial charge in [0.25, 0.3) is 0 Å². The van der Waals surface area contributed by atoms with Crippen LogP contribution in [0, 0.1) is 6.92 Å². The Morgan fingerprint density at radius 2 is 2.43 bits per heavy atom. The second-order valence-corrected chi connectivity index (χ2v) is 1.10. The summed E-state index contributed by atoms with van der Waals surface area (Å²) in [5.74, 6) is 0.843. The molecule has 0 aliphatic rings. The van der Waals surface area contributed by atoms with E-state index in [9.17, 15) is 0 Å². The molecule has 1 aromatic rings. The van der Waals surface area contributed by atoms with Crippen molar-refractivity contribution in [3.63, 3.8) is 0 Å². The van der Waals surface area contributed by atoms with Gasteiger partial charge in [0.05, 0.1) is 0 Å². The normalized spacial score (nSPS) is 7.57. The maximum absolute atomic E-state index is 3.81. The quantitative estimate of drug-likeness (QED) is 0.482. The third-order valence-corrected chi connectivity index (χ3v) is 0.589. The van der Waals surface area contributed by atoms with E-state index in [4.69, 9.17) is 0 Å². The summed E-state index contributed by atoms with van der Waals surface area (Å²) in [5.41, 5.74) is 0. The molecular weight excluding hydrogens is 132 g/mol. The number of rotatable bonds is 0. The summed E-state index contributed by atoms with van der Waals surface area (Å²) in [4.78, 5) is 7.61. The first kappa shape index (κ1) is 6.73. The molecule has 0 amide bonds. The molecule has 1 heterocycles. The topological polar surface area (TPSA) is 27.0 Å². The van der Waals surface area contributed by atoms with Crippen molar-refractivity contribution in [2.45, 2.75) is 6.92 Å². The Kier molecular flexibility index (Phi) is 2.72. The Labute approximate surface area is 52.8 Å². The van der Waals surface area contributed by atoms with Crippen molar-refractivity contribution in [2.24, 2.45) is 0 Å². The van der Waals surface area contributed by atoms with E-state index < -0.39 is 0 Å². The molecule has 0 aromatic carbocycles. The van der Waals surface area contributed by atoms with Crippen LogP contribution in [0.2, 0.25) is 0 Å². The molecule has 0 atom stereocenters. The standard InChI is InChI=1S/C4H5N2.Fe/c1-4-5-2-3-6-4;/h2-3H,1H3;/q-1;. The summed E-state index contributed by atoms with van der Waals surface area (Å²) in [6.07, 6.45) is 3.35. The zero-order chi connectivity index (χ0) is 4.41. The summed E-state index contributed by atoms with van der Waals surface area (Å²) < 4.78 is 0. The van der Waals surface area contributed by atoms with E-state index in [1.165, 1.54) is 0 Å². The number of aromatic nitrogens is 2. The van der Waals surface area contributed by atoms with Gasteiger partial charge in [-0.3, -0.25) is 0 Å². The fourth-order valence-electron chi connectivity index (χ4n) is 0.316. The molecule has 40 valence electrons. The van der Waals surface area contributed by atoms with E-state index in [0.29, 0.717) is 0 Å². The first-order valence-electron chi connectivity index (χ1n) is 1.80. The molecule has 2 nitrogen and oxygen atoms in total. The number of hydrogen-bond acceptors (Lipinski definition) is 1. The van der Waals surface area contributed by atoms with E-state index in [2.05, 4.69) is 9.97 Å². The van der Waals surface area contributed by atoms with Crippen LogP contribution in [0.25, 0.3) is 0 Å². The first-order chi connectivity index (χ1) is 2.89. The van der Waals surface area contributed by atoms with Gasteiger partial charge in [0.15, 0.2) is 0 Å². The van der Waals surface area contributed by atoms with E-state index in [-0.39, 0.29) is 17.1 Å². The van der Waals surface area contributed by atoms with E-state index in [1.807, 2.05) is 6.92 Å². The van der Waals surface area contributed by atoms with E-state index in [1.54, 1.807) is 12.4 Å². The smallest absolute Gasteiger partial charge is 0 e. The molecule has 0 unspecified atom stereocenters. The molecule has 0 spiro atoms. The monoisotopic (exact) mass is 137 g/mol. The van der Waals surface area contributed by atoms with Gasteiger partial charge in [0.2, 0.25) is 0 Å². The average molecular weight is 137 g/mol. The van der Waals surface area contributed by atoms with Crippen LogP contribution in [-0.4, -0.2) is 4.98 Å². The van der Waals surface area contributed by atoms with Crippen LogP contribution < -0.4 is 4.98 Å². The van der Waals surface area contributed by atoms with Gasteiger partial charge in [-0.25, -0.2) is 0 Å². The molecule has 0 bridgehead atoms. The van der Waals surface area contributed by atoms with Crippen LogP contribution in [-0.2, 0) is 17.1 Å². The summed E-state index contributed by atoms with van der Waals surface area (Å²) in [5, 5.41) is 0. The number of imidazole rings is 1. The molecule has 0 radical (unpaired) electrons. The van der Waals surface area contributed by atoms with Crippen LogP contribution in [0.5, 0.6) is 0 Å². The molecule has 0 aliphatic heterocycles. The van der Waals surface area contributed by atoms with Crippen molar-refractivity contribution in [1.82, 2.24) is 9.97 Å².